The number of aryl methyl sites for hydroxylation is 1. The number of benzene rings is 1. The molecule has 1 amide bonds. The number of hydrogen-bond acceptors (Lipinski definition) is 4. The fraction of sp³-hybridized carbons (Fsp3) is 0.455. The van der Waals surface area contributed by atoms with E-state index in [2.05, 4.69) is 4.98 Å². The highest BCUT2D eigenvalue weighted by atomic mass is 16.4. The van der Waals surface area contributed by atoms with E-state index in [4.69, 9.17) is 4.98 Å². The molecule has 0 unspecified atom stereocenters. The highest BCUT2D eigenvalue weighted by Gasteiger charge is 2.32. The zero-order valence-corrected chi connectivity index (χ0v) is 16.9. The number of piperidine rings is 1. The Kier molecular flexibility index (Phi) is 5.49. The lowest BCUT2D eigenvalue weighted by Crippen LogP contribution is -2.44. The lowest BCUT2D eigenvalue weighted by Gasteiger charge is -2.36. The molecule has 0 aliphatic carbocycles. The van der Waals surface area contributed by atoms with Crippen LogP contribution < -0.4 is 0 Å². The van der Waals surface area contributed by atoms with Crippen LogP contribution in [0.25, 0.3) is 11.3 Å². The topological polar surface area (TPSA) is 83.4 Å². The summed E-state index contributed by atoms with van der Waals surface area (Å²) in [6, 6.07) is 8.68. The fourth-order valence-electron chi connectivity index (χ4n) is 3.65. The van der Waals surface area contributed by atoms with Crippen LogP contribution in [0.3, 0.4) is 0 Å². The molecule has 28 heavy (non-hydrogen) atoms. The van der Waals surface area contributed by atoms with E-state index >= 15 is 0 Å². The number of nitrogens with zero attached hydrogens (tertiary/aromatic N) is 3. The Morgan fingerprint density at radius 2 is 1.89 bits per heavy atom. The van der Waals surface area contributed by atoms with E-state index in [1.54, 1.807) is 18.2 Å². The van der Waals surface area contributed by atoms with Gasteiger partial charge < -0.3 is 10.0 Å². The zero-order chi connectivity index (χ0) is 20.5. The van der Waals surface area contributed by atoms with Crippen LogP contribution in [0.2, 0.25) is 0 Å². The van der Waals surface area contributed by atoms with E-state index in [1.807, 2.05) is 44.7 Å². The molecule has 1 saturated heterocycles. The van der Waals surface area contributed by atoms with Gasteiger partial charge >= 0.3 is 5.97 Å². The van der Waals surface area contributed by atoms with Crippen molar-refractivity contribution in [1.29, 1.82) is 0 Å². The molecule has 0 spiro atoms. The van der Waals surface area contributed by atoms with E-state index < -0.39 is 11.4 Å². The van der Waals surface area contributed by atoms with Gasteiger partial charge in [-0.2, -0.15) is 0 Å². The number of aromatic carboxylic acids is 1. The quantitative estimate of drug-likeness (QED) is 0.872. The summed E-state index contributed by atoms with van der Waals surface area (Å²) in [6.45, 7) is 9.04. The number of carbonyl (C=O) groups is 2. The monoisotopic (exact) mass is 381 g/mol. The minimum Gasteiger partial charge on any atom is -0.478 e. The third-order valence-electron chi connectivity index (χ3n) is 5.02. The molecule has 1 aliphatic rings. The molecule has 1 fully saturated rings. The lowest BCUT2D eigenvalue weighted by atomic mass is 9.90. The number of likely N-dealkylation sites (tertiary alicyclic amines) is 1. The average molecular weight is 381 g/mol. The number of carbonyl (C=O) groups excluding carboxylic acids is 1. The smallest absolute Gasteiger partial charge is 0.336 e. The van der Waals surface area contributed by atoms with Crippen LogP contribution in [-0.2, 0) is 4.79 Å². The minimum atomic E-state index is -0.979. The molecule has 2 heterocycles. The summed E-state index contributed by atoms with van der Waals surface area (Å²) < 4.78 is 0. The number of aromatic nitrogens is 2. The summed E-state index contributed by atoms with van der Waals surface area (Å²) in [7, 11) is 0. The van der Waals surface area contributed by atoms with E-state index in [0.29, 0.717) is 23.6 Å². The molecule has 0 saturated carbocycles. The summed E-state index contributed by atoms with van der Waals surface area (Å²) in [6.07, 6.45) is 1.82. The lowest BCUT2D eigenvalue weighted by molar-refractivity contribution is -0.140. The van der Waals surface area contributed by atoms with Crippen LogP contribution in [-0.4, -0.2) is 44.9 Å². The van der Waals surface area contributed by atoms with Crippen molar-refractivity contribution in [3.63, 3.8) is 0 Å². The van der Waals surface area contributed by atoms with Gasteiger partial charge in [0.15, 0.2) is 0 Å². The van der Waals surface area contributed by atoms with Crippen LogP contribution in [0.5, 0.6) is 0 Å². The molecular formula is C22H27N3O3. The highest BCUT2D eigenvalue weighted by Crippen LogP contribution is 2.30. The van der Waals surface area contributed by atoms with Gasteiger partial charge in [-0.15, -0.1) is 0 Å². The molecule has 1 aliphatic heterocycles. The van der Waals surface area contributed by atoms with Crippen molar-refractivity contribution in [2.75, 3.05) is 13.1 Å². The van der Waals surface area contributed by atoms with E-state index in [0.717, 1.165) is 25.1 Å². The first kappa shape index (κ1) is 20.0. The second kappa shape index (κ2) is 7.70. The first-order chi connectivity index (χ1) is 13.2. The Balaban J connectivity index is 1.94. The molecule has 1 N–H and O–H groups in total. The Labute approximate surface area is 165 Å². The molecule has 1 aromatic heterocycles. The van der Waals surface area contributed by atoms with Gasteiger partial charge in [0.1, 0.15) is 5.82 Å². The van der Waals surface area contributed by atoms with Crippen molar-refractivity contribution in [1.82, 2.24) is 14.9 Å². The maximum atomic E-state index is 12.7. The molecule has 3 rings (SSSR count). The second-order valence-corrected chi connectivity index (χ2v) is 8.44. The second-order valence-electron chi connectivity index (χ2n) is 8.44. The van der Waals surface area contributed by atoms with Gasteiger partial charge in [-0.1, -0.05) is 39.0 Å². The van der Waals surface area contributed by atoms with E-state index in [9.17, 15) is 14.7 Å². The van der Waals surface area contributed by atoms with Gasteiger partial charge in [0, 0.05) is 35.7 Å². The van der Waals surface area contributed by atoms with Gasteiger partial charge in [0.25, 0.3) is 0 Å². The van der Waals surface area contributed by atoms with Crippen LogP contribution in [0.4, 0.5) is 0 Å². The first-order valence-corrected chi connectivity index (χ1v) is 9.64. The minimum absolute atomic E-state index is 0.0516. The summed E-state index contributed by atoms with van der Waals surface area (Å²) in [5, 5.41) is 9.50. The van der Waals surface area contributed by atoms with Crippen molar-refractivity contribution in [2.45, 2.75) is 46.5 Å². The molecule has 0 radical (unpaired) electrons. The Bertz CT molecular complexity index is 902. The molecule has 1 aromatic carbocycles. The molecule has 6 nitrogen and oxygen atoms in total. The number of carboxylic acids is 1. The van der Waals surface area contributed by atoms with Crippen LogP contribution in [0, 0.1) is 12.3 Å². The molecule has 6 heteroatoms. The van der Waals surface area contributed by atoms with Crippen molar-refractivity contribution < 1.29 is 14.7 Å². The Morgan fingerprint density at radius 3 is 2.57 bits per heavy atom. The Hall–Kier alpha value is -2.76. The van der Waals surface area contributed by atoms with Gasteiger partial charge in [-0.25, -0.2) is 14.8 Å². The van der Waals surface area contributed by atoms with Crippen LogP contribution in [0.1, 0.15) is 61.4 Å². The average Bonchev–Trinajstić information content (AvgIpc) is 2.66. The summed E-state index contributed by atoms with van der Waals surface area (Å²) >= 11 is 0. The van der Waals surface area contributed by atoms with Gasteiger partial charge in [0.2, 0.25) is 5.91 Å². The van der Waals surface area contributed by atoms with Crippen LogP contribution >= 0.6 is 0 Å². The predicted octanol–water partition coefficient (Wildman–Crippen LogP) is 3.90. The number of rotatable bonds is 3. The summed E-state index contributed by atoms with van der Waals surface area (Å²) in [5.74, 6) is -0.105. The van der Waals surface area contributed by atoms with Gasteiger partial charge in [-0.05, 0) is 31.9 Å². The number of amides is 1. The molecule has 2 aromatic rings. The zero-order valence-electron chi connectivity index (χ0n) is 16.9. The standard InChI is InChI=1S/C22H27N3O3/c1-14-12-18(16-9-5-6-10-17(16)20(26)27)24-19(23-14)15-8-7-11-25(13-15)21(28)22(2,3)4/h5-6,9-10,12,15H,7-8,11,13H2,1-4H3,(H,26,27)/t15-/m1/s1. The van der Waals surface area contributed by atoms with Crippen molar-refractivity contribution >= 4 is 11.9 Å². The SMILES string of the molecule is Cc1cc(-c2ccccc2C(=O)O)nc([C@@H]2CCCN(C(=O)C(C)(C)C)C2)n1. The maximum absolute atomic E-state index is 12.7. The molecular weight excluding hydrogens is 354 g/mol. The van der Waals surface area contributed by atoms with E-state index in [1.165, 1.54) is 0 Å². The first-order valence-electron chi connectivity index (χ1n) is 9.64. The third kappa shape index (κ3) is 4.21. The van der Waals surface area contributed by atoms with Gasteiger partial charge in [-0.3, -0.25) is 4.79 Å². The van der Waals surface area contributed by atoms with E-state index in [-0.39, 0.29) is 17.4 Å². The maximum Gasteiger partial charge on any atom is 0.336 e. The molecule has 0 bridgehead atoms. The number of hydrogen-bond donors (Lipinski definition) is 1. The Morgan fingerprint density at radius 1 is 1.18 bits per heavy atom. The fourth-order valence-corrected chi connectivity index (χ4v) is 3.65. The van der Waals surface area contributed by atoms with Crippen molar-refractivity contribution in [2.24, 2.45) is 5.41 Å². The molecule has 1 atom stereocenters. The van der Waals surface area contributed by atoms with Crippen molar-refractivity contribution in [3.8, 4) is 11.3 Å². The number of carboxylic acid groups (broad SMARTS) is 1. The van der Waals surface area contributed by atoms with Gasteiger partial charge in [0.05, 0.1) is 11.3 Å². The van der Waals surface area contributed by atoms with Crippen LogP contribution in [0.15, 0.2) is 30.3 Å². The third-order valence-corrected chi connectivity index (χ3v) is 5.02. The normalized spacial score (nSPS) is 17.4. The van der Waals surface area contributed by atoms with Crippen molar-refractivity contribution in [3.05, 3.63) is 47.4 Å². The highest BCUT2D eigenvalue weighted by molar-refractivity contribution is 5.95. The summed E-state index contributed by atoms with van der Waals surface area (Å²) in [4.78, 5) is 35.5. The molecule has 148 valence electrons. The summed E-state index contributed by atoms with van der Waals surface area (Å²) in [5.41, 5.74) is 1.79. The predicted molar refractivity (Wildman–Crippen MR) is 107 cm³/mol. The largest absolute Gasteiger partial charge is 0.478 e.